The molecule has 3 N–H and O–H groups in total. The zero-order chi connectivity index (χ0) is 18.4. The smallest absolute Gasteiger partial charge is 0.243 e. The van der Waals surface area contributed by atoms with Crippen LogP contribution in [0.25, 0.3) is 0 Å². The fraction of sp³-hybridized carbons (Fsp3) is 0.300. The Labute approximate surface area is 148 Å². The molecule has 2 aromatic rings. The third-order valence-corrected chi connectivity index (χ3v) is 3.89. The van der Waals surface area contributed by atoms with Crippen LogP contribution in [0.2, 0.25) is 0 Å². The largest absolute Gasteiger partial charge is 0.376 e. The predicted molar refractivity (Wildman–Crippen MR) is 102 cm³/mol. The van der Waals surface area contributed by atoms with Gasteiger partial charge in [-0.15, -0.1) is 0 Å². The summed E-state index contributed by atoms with van der Waals surface area (Å²) in [6.45, 7) is 8.01. The average Bonchev–Trinajstić information content (AvgIpc) is 2.55. The van der Waals surface area contributed by atoms with E-state index in [0.717, 1.165) is 33.6 Å². The number of hydrogen-bond donors (Lipinski definition) is 3. The van der Waals surface area contributed by atoms with Gasteiger partial charge in [-0.25, -0.2) is 0 Å². The number of rotatable bonds is 6. The quantitative estimate of drug-likeness (QED) is 0.757. The maximum Gasteiger partial charge on any atom is 0.243 e. The molecule has 0 unspecified atom stereocenters. The van der Waals surface area contributed by atoms with Crippen LogP contribution in [0, 0.1) is 27.7 Å². The lowest BCUT2D eigenvalue weighted by atomic mass is 10.1. The van der Waals surface area contributed by atoms with Gasteiger partial charge in [0.05, 0.1) is 13.1 Å². The first-order chi connectivity index (χ1) is 11.8. The predicted octanol–water partition coefficient (Wildman–Crippen LogP) is 3.09. The van der Waals surface area contributed by atoms with E-state index in [1.807, 2.05) is 64.1 Å². The van der Waals surface area contributed by atoms with E-state index in [4.69, 9.17) is 0 Å². The number of carbonyl (C=O) groups excluding carboxylic acids is 2. The van der Waals surface area contributed by atoms with E-state index in [0.29, 0.717) is 0 Å². The molecule has 0 saturated heterocycles. The monoisotopic (exact) mass is 339 g/mol. The van der Waals surface area contributed by atoms with Crippen LogP contribution >= 0.6 is 0 Å². The highest BCUT2D eigenvalue weighted by Crippen LogP contribution is 2.21. The van der Waals surface area contributed by atoms with E-state index in [1.165, 1.54) is 0 Å². The van der Waals surface area contributed by atoms with Crippen molar-refractivity contribution < 1.29 is 9.59 Å². The highest BCUT2D eigenvalue weighted by atomic mass is 16.2. The minimum atomic E-state index is -0.237. The van der Waals surface area contributed by atoms with Gasteiger partial charge in [0.25, 0.3) is 0 Å². The van der Waals surface area contributed by atoms with Gasteiger partial charge in [0.1, 0.15) is 0 Å². The van der Waals surface area contributed by atoms with E-state index in [9.17, 15) is 9.59 Å². The highest BCUT2D eigenvalue weighted by Gasteiger charge is 2.09. The van der Waals surface area contributed by atoms with Crippen LogP contribution in [-0.4, -0.2) is 24.9 Å². The molecule has 0 saturated carbocycles. The second-order valence-electron chi connectivity index (χ2n) is 6.32. The molecule has 2 amide bonds. The van der Waals surface area contributed by atoms with Crippen LogP contribution in [0.1, 0.15) is 22.3 Å². The molecule has 0 atom stereocenters. The lowest BCUT2D eigenvalue weighted by Crippen LogP contribution is -2.36. The SMILES string of the molecule is Cc1ccc(NCC(=O)NCC(=O)Nc2c(C)cc(C)cc2C)cc1. The summed E-state index contributed by atoms with van der Waals surface area (Å²) in [5, 5.41) is 8.51. The Hall–Kier alpha value is -2.82. The standard InChI is InChI=1S/C20H25N3O2/c1-13-5-7-17(8-6-13)21-11-18(24)22-12-19(25)23-20-15(3)9-14(2)10-16(20)4/h5-10,21H,11-12H2,1-4H3,(H,22,24)(H,23,25). The minimum Gasteiger partial charge on any atom is -0.376 e. The number of carbonyl (C=O) groups is 2. The summed E-state index contributed by atoms with van der Waals surface area (Å²) in [5.41, 5.74) is 6.02. The van der Waals surface area contributed by atoms with Crippen molar-refractivity contribution >= 4 is 23.2 Å². The third kappa shape index (κ3) is 5.64. The fourth-order valence-corrected chi connectivity index (χ4v) is 2.66. The lowest BCUT2D eigenvalue weighted by molar-refractivity contribution is -0.122. The molecule has 0 bridgehead atoms. The minimum absolute atomic E-state index is 0.0544. The Balaban J connectivity index is 1.79. The van der Waals surface area contributed by atoms with Crippen molar-refractivity contribution in [3.8, 4) is 0 Å². The normalized spacial score (nSPS) is 10.2. The average molecular weight is 339 g/mol. The summed E-state index contributed by atoms with van der Waals surface area (Å²) >= 11 is 0. The van der Waals surface area contributed by atoms with Gasteiger partial charge in [-0.05, 0) is 51.0 Å². The van der Waals surface area contributed by atoms with Gasteiger partial charge in [0.2, 0.25) is 11.8 Å². The van der Waals surface area contributed by atoms with Crippen molar-refractivity contribution in [1.29, 1.82) is 0 Å². The molecular formula is C20H25N3O2. The number of amides is 2. The van der Waals surface area contributed by atoms with E-state index in [-0.39, 0.29) is 24.9 Å². The Kier molecular flexibility index (Phi) is 6.17. The maximum absolute atomic E-state index is 12.1. The first kappa shape index (κ1) is 18.5. The summed E-state index contributed by atoms with van der Waals surface area (Å²) in [6, 6.07) is 11.8. The second kappa shape index (κ2) is 8.33. The molecular weight excluding hydrogens is 314 g/mol. The summed E-state index contributed by atoms with van der Waals surface area (Å²) < 4.78 is 0. The Morgan fingerprint density at radius 2 is 1.40 bits per heavy atom. The van der Waals surface area contributed by atoms with Crippen molar-refractivity contribution in [3.05, 3.63) is 58.7 Å². The fourth-order valence-electron chi connectivity index (χ4n) is 2.66. The summed E-state index contributed by atoms with van der Waals surface area (Å²) in [4.78, 5) is 23.9. The highest BCUT2D eigenvalue weighted by molar-refractivity contribution is 5.96. The van der Waals surface area contributed by atoms with Crippen molar-refractivity contribution in [3.63, 3.8) is 0 Å². The third-order valence-electron chi connectivity index (χ3n) is 3.89. The molecule has 0 spiro atoms. The van der Waals surface area contributed by atoms with Crippen molar-refractivity contribution in [2.24, 2.45) is 0 Å². The molecule has 0 aromatic heterocycles. The van der Waals surface area contributed by atoms with Crippen molar-refractivity contribution in [2.75, 3.05) is 23.7 Å². The molecule has 5 heteroatoms. The van der Waals surface area contributed by atoms with E-state index >= 15 is 0 Å². The summed E-state index contributed by atoms with van der Waals surface area (Å²) in [7, 11) is 0. The van der Waals surface area contributed by atoms with Crippen molar-refractivity contribution in [2.45, 2.75) is 27.7 Å². The van der Waals surface area contributed by atoms with Crippen molar-refractivity contribution in [1.82, 2.24) is 5.32 Å². The van der Waals surface area contributed by atoms with Crippen LogP contribution in [0.4, 0.5) is 11.4 Å². The molecule has 132 valence electrons. The van der Waals surface area contributed by atoms with Gasteiger partial charge in [0.15, 0.2) is 0 Å². The van der Waals surface area contributed by atoms with Gasteiger partial charge in [-0.1, -0.05) is 35.4 Å². The number of aryl methyl sites for hydroxylation is 4. The van der Waals surface area contributed by atoms with Crippen LogP contribution in [0.3, 0.4) is 0 Å². The summed E-state index contributed by atoms with van der Waals surface area (Å²) in [6.07, 6.45) is 0. The molecule has 0 heterocycles. The first-order valence-electron chi connectivity index (χ1n) is 8.30. The molecule has 0 aliphatic carbocycles. The van der Waals surface area contributed by atoms with E-state index in [2.05, 4.69) is 16.0 Å². The van der Waals surface area contributed by atoms with Crippen LogP contribution in [0.5, 0.6) is 0 Å². The molecule has 5 nitrogen and oxygen atoms in total. The lowest BCUT2D eigenvalue weighted by Gasteiger charge is -2.13. The molecule has 2 rings (SSSR count). The number of anilines is 2. The topological polar surface area (TPSA) is 70.2 Å². The first-order valence-corrected chi connectivity index (χ1v) is 8.30. The van der Waals surface area contributed by atoms with Gasteiger partial charge >= 0.3 is 0 Å². The molecule has 2 aromatic carbocycles. The van der Waals surface area contributed by atoms with Gasteiger partial charge in [0, 0.05) is 11.4 Å². The van der Waals surface area contributed by atoms with E-state index in [1.54, 1.807) is 0 Å². The molecule has 0 fully saturated rings. The molecule has 0 aliphatic rings. The Bertz CT molecular complexity index is 744. The number of hydrogen-bond acceptors (Lipinski definition) is 3. The van der Waals surface area contributed by atoms with E-state index < -0.39 is 0 Å². The van der Waals surface area contributed by atoms with Gasteiger partial charge in [-0.3, -0.25) is 9.59 Å². The van der Waals surface area contributed by atoms with Crippen LogP contribution in [-0.2, 0) is 9.59 Å². The Morgan fingerprint density at radius 1 is 0.800 bits per heavy atom. The maximum atomic E-state index is 12.1. The molecule has 0 aliphatic heterocycles. The summed E-state index contributed by atoms with van der Waals surface area (Å²) in [5.74, 6) is -0.466. The van der Waals surface area contributed by atoms with Crippen LogP contribution < -0.4 is 16.0 Å². The zero-order valence-corrected chi connectivity index (χ0v) is 15.2. The molecule has 0 radical (unpaired) electrons. The molecule has 25 heavy (non-hydrogen) atoms. The van der Waals surface area contributed by atoms with Gasteiger partial charge in [-0.2, -0.15) is 0 Å². The second-order valence-corrected chi connectivity index (χ2v) is 6.32. The number of benzene rings is 2. The number of nitrogens with one attached hydrogen (secondary N) is 3. The van der Waals surface area contributed by atoms with Gasteiger partial charge < -0.3 is 16.0 Å². The zero-order valence-electron chi connectivity index (χ0n) is 15.2. The Morgan fingerprint density at radius 3 is 2.00 bits per heavy atom. The van der Waals surface area contributed by atoms with Crippen LogP contribution in [0.15, 0.2) is 36.4 Å².